The summed E-state index contributed by atoms with van der Waals surface area (Å²) in [6.45, 7) is 2.01. The van der Waals surface area contributed by atoms with Gasteiger partial charge in [-0.3, -0.25) is 9.69 Å². The third-order valence-electron chi connectivity index (χ3n) is 2.79. The Bertz CT molecular complexity index is 367. The molecular formula is C12H15NO3. The van der Waals surface area contributed by atoms with Crippen LogP contribution >= 0.6 is 0 Å². The number of carbonyl (C=O) groups is 1. The molecule has 1 aromatic carbocycles. The highest BCUT2D eigenvalue weighted by Gasteiger charge is 2.21. The molecule has 16 heavy (non-hydrogen) atoms. The third-order valence-corrected chi connectivity index (χ3v) is 2.79. The average Bonchev–Trinajstić information content (AvgIpc) is 2.57. The van der Waals surface area contributed by atoms with E-state index in [0.717, 1.165) is 13.1 Å². The van der Waals surface area contributed by atoms with E-state index in [1.165, 1.54) is 11.1 Å². The number of fused-ring (bicyclic) bond motifs is 1. The Morgan fingerprint density at radius 2 is 1.88 bits per heavy atom. The molecule has 1 unspecified atom stereocenters. The summed E-state index contributed by atoms with van der Waals surface area (Å²) < 4.78 is 0. The van der Waals surface area contributed by atoms with E-state index >= 15 is 0 Å². The van der Waals surface area contributed by atoms with E-state index in [1.807, 2.05) is 12.1 Å². The molecule has 1 aliphatic heterocycles. The smallest absolute Gasteiger partial charge is 0.306 e. The lowest BCUT2D eigenvalue weighted by atomic mass is 10.1. The van der Waals surface area contributed by atoms with E-state index in [-0.39, 0.29) is 6.42 Å². The predicted octanol–water partition coefficient (Wildman–Crippen LogP) is 0.838. The zero-order valence-corrected chi connectivity index (χ0v) is 8.97. The SMILES string of the molecule is O=C(O)CC(O)CN1Cc2ccccc2C1. The van der Waals surface area contributed by atoms with Crippen LogP contribution in [0.15, 0.2) is 24.3 Å². The molecule has 0 amide bonds. The normalized spacial score (nSPS) is 17.1. The lowest BCUT2D eigenvalue weighted by Gasteiger charge is -2.17. The minimum Gasteiger partial charge on any atom is -0.481 e. The zero-order valence-electron chi connectivity index (χ0n) is 8.97. The summed E-state index contributed by atoms with van der Waals surface area (Å²) in [5.74, 6) is -0.954. The molecule has 0 bridgehead atoms. The Morgan fingerprint density at radius 1 is 1.31 bits per heavy atom. The molecule has 0 spiro atoms. The third kappa shape index (κ3) is 2.59. The number of hydrogen-bond donors (Lipinski definition) is 2. The first-order valence-corrected chi connectivity index (χ1v) is 5.34. The fourth-order valence-corrected chi connectivity index (χ4v) is 2.10. The molecule has 1 aromatic rings. The molecule has 1 heterocycles. The quantitative estimate of drug-likeness (QED) is 0.791. The number of benzene rings is 1. The van der Waals surface area contributed by atoms with E-state index in [0.29, 0.717) is 6.54 Å². The summed E-state index contributed by atoms with van der Waals surface area (Å²) >= 11 is 0. The van der Waals surface area contributed by atoms with Gasteiger partial charge in [0.05, 0.1) is 12.5 Å². The van der Waals surface area contributed by atoms with Crippen molar-refractivity contribution >= 4 is 5.97 Å². The molecule has 0 radical (unpaired) electrons. The van der Waals surface area contributed by atoms with Crippen LogP contribution < -0.4 is 0 Å². The molecule has 0 aromatic heterocycles. The van der Waals surface area contributed by atoms with Gasteiger partial charge in [0.25, 0.3) is 0 Å². The van der Waals surface area contributed by atoms with Crippen LogP contribution in [0.3, 0.4) is 0 Å². The highest BCUT2D eigenvalue weighted by Crippen LogP contribution is 2.22. The molecule has 4 nitrogen and oxygen atoms in total. The molecule has 0 aliphatic carbocycles. The van der Waals surface area contributed by atoms with E-state index in [2.05, 4.69) is 17.0 Å². The van der Waals surface area contributed by atoms with E-state index in [9.17, 15) is 9.90 Å². The van der Waals surface area contributed by atoms with E-state index in [4.69, 9.17) is 5.11 Å². The van der Waals surface area contributed by atoms with Crippen LogP contribution in [0.5, 0.6) is 0 Å². The van der Waals surface area contributed by atoms with Gasteiger partial charge in [0.2, 0.25) is 0 Å². The number of β-amino-alcohol motifs (C(OH)–C–C–N with tert-alkyl or cyclic N) is 1. The van der Waals surface area contributed by atoms with Crippen molar-refractivity contribution in [2.24, 2.45) is 0 Å². The second kappa shape index (κ2) is 4.63. The number of aliphatic carboxylic acids is 1. The molecule has 2 rings (SSSR count). The fourth-order valence-electron chi connectivity index (χ4n) is 2.10. The lowest BCUT2D eigenvalue weighted by molar-refractivity contribution is -0.139. The summed E-state index contributed by atoms with van der Waals surface area (Å²) in [7, 11) is 0. The first kappa shape index (κ1) is 11.1. The van der Waals surface area contributed by atoms with Gasteiger partial charge in [-0.05, 0) is 11.1 Å². The average molecular weight is 221 g/mol. The van der Waals surface area contributed by atoms with Crippen LogP contribution in [-0.4, -0.2) is 33.7 Å². The Morgan fingerprint density at radius 3 is 2.38 bits per heavy atom. The van der Waals surface area contributed by atoms with Gasteiger partial charge in [-0.15, -0.1) is 0 Å². The Hall–Kier alpha value is -1.39. The van der Waals surface area contributed by atoms with Crippen LogP contribution in [0.25, 0.3) is 0 Å². The van der Waals surface area contributed by atoms with E-state index in [1.54, 1.807) is 0 Å². The van der Waals surface area contributed by atoms with Crippen molar-refractivity contribution in [1.29, 1.82) is 0 Å². The molecule has 1 aliphatic rings. The van der Waals surface area contributed by atoms with Crippen LogP contribution in [0.1, 0.15) is 17.5 Å². The van der Waals surface area contributed by atoms with Crippen molar-refractivity contribution in [2.45, 2.75) is 25.6 Å². The molecule has 0 fully saturated rings. The second-order valence-corrected chi connectivity index (χ2v) is 4.19. The van der Waals surface area contributed by atoms with Gasteiger partial charge < -0.3 is 10.2 Å². The highest BCUT2D eigenvalue weighted by atomic mass is 16.4. The van der Waals surface area contributed by atoms with Gasteiger partial charge >= 0.3 is 5.97 Å². The summed E-state index contributed by atoms with van der Waals surface area (Å²) in [4.78, 5) is 12.5. The topological polar surface area (TPSA) is 60.8 Å². The summed E-state index contributed by atoms with van der Waals surface area (Å²) in [5.41, 5.74) is 2.54. The molecule has 2 N–H and O–H groups in total. The van der Waals surface area contributed by atoms with Crippen molar-refractivity contribution in [2.75, 3.05) is 6.54 Å². The number of hydrogen-bond acceptors (Lipinski definition) is 3. The number of nitrogens with zero attached hydrogens (tertiary/aromatic N) is 1. The van der Waals surface area contributed by atoms with Crippen LogP contribution in [0.4, 0.5) is 0 Å². The fraction of sp³-hybridized carbons (Fsp3) is 0.417. The van der Waals surface area contributed by atoms with Gasteiger partial charge in [-0.1, -0.05) is 24.3 Å². The molecule has 1 atom stereocenters. The number of carboxylic acid groups (broad SMARTS) is 1. The van der Waals surface area contributed by atoms with Gasteiger partial charge in [-0.2, -0.15) is 0 Å². The predicted molar refractivity (Wildman–Crippen MR) is 58.8 cm³/mol. The van der Waals surface area contributed by atoms with Crippen molar-refractivity contribution in [3.8, 4) is 0 Å². The van der Waals surface area contributed by atoms with Crippen molar-refractivity contribution in [3.63, 3.8) is 0 Å². The maximum atomic E-state index is 10.4. The van der Waals surface area contributed by atoms with Gasteiger partial charge in [-0.25, -0.2) is 0 Å². The molecular weight excluding hydrogens is 206 g/mol. The summed E-state index contributed by atoms with van der Waals surface area (Å²) in [6, 6.07) is 8.13. The molecule has 86 valence electrons. The first-order valence-electron chi connectivity index (χ1n) is 5.34. The lowest BCUT2D eigenvalue weighted by Crippen LogP contribution is -2.29. The number of rotatable bonds is 4. The first-order chi connectivity index (χ1) is 7.65. The van der Waals surface area contributed by atoms with E-state index < -0.39 is 12.1 Å². The Kier molecular flexibility index (Phi) is 3.22. The van der Waals surface area contributed by atoms with Crippen molar-refractivity contribution in [1.82, 2.24) is 4.90 Å². The van der Waals surface area contributed by atoms with Gasteiger partial charge in [0.15, 0.2) is 0 Å². The maximum absolute atomic E-state index is 10.4. The summed E-state index contributed by atoms with van der Waals surface area (Å²) in [5, 5.41) is 18.1. The van der Waals surface area contributed by atoms with Crippen LogP contribution in [-0.2, 0) is 17.9 Å². The molecule has 0 saturated carbocycles. The standard InChI is InChI=1S/C12H15NO3/c14-11(5-12(15)16)8-13-6-9-3-1-2-4-10(9)7-13/h1-4,11,14H,5-8H2,(H,15,16). The van der Waals surface area contributed by atoms with Gasteiger partial charge in [0.1, 0.15) is 0 Å². The van der Waals surface area contributed by atoms with Crippen molar-refractivity contribution in [3.05, 3.63) is 35.4 Å². The largest absolute Gasteiger partial charge is 0.481 e. The zero-order chi connectivity index (χ0) is 11.5. The molecule has 0 saturated heterocycles. The van der Waals surface area contributed by atoms with Crippen LogP contribution in [0.2, 0.25) is 0 Å². The number of aliphatic hydroxyl groups excluding tert-OH is 1. The minimum atomic E-state index is -0.954. The highest BCUT2D eigenvalue weighted by molar-refractivity contribution is 5.67. The minimum absolute atomic E-state index is 0.188. The second-order valence-electron chi connectivity index (χ2n) is 4.19. The van der Waals surface area contributed by atoms with Crippen LogP contribution in [0, 0.1) is 0 Å². The Labute approximate surface area is 94.1 Å². The molecule has 4 heteroatoms. The van der Waals surface area contributed by atoms with Crippen molar-refractivity contribution < 1.29 is 15.0 Å². The van der Waals surface area contributed by atoms with Gasteiger partial charge in [0, 0.05) is 19.6 Å². The number of carboxylic acids is 1. The monoisotopic (exact) mass is 221 g/mol. The Balaban J connectivity index is 1.89. The number of aliphatic hydroxyl groups is 1. The maximum Gasteiger partial charge on any atom is 0.306 e. The summed E-state index contributed by atoms with van der Waals surface area (Å²) in [6.07, 6.45) is -0.973.